The first-order valence-corrected chi connectivity index (χ1v) is 7.69. The summed E-state index contributed by atoms with van der Waals surface area (Å²) in [5.41, 5.74) is 3.46. The zero-order chi connectivity index (χ0) is 16.8. The van der Waals surface area contributed by atoms with Crippen molar-refractivity contribution in [3.05, 3.63) is 41.2 Å². The van der Waals surface area contributed by atoms with Crippen LogP contribution in [0.4, 0.5) is 0 Å². The number of nitrogens with zero attached hydrogens (tertiary/aromatic N) is 2. The monoisotopic (exact) mass is 319 g/mol. The fourth-order valence-corrected chi connectivity index (χ4v) is 2.42. The molecule has 1 atom stereocenters. The molecule has 1 unspecified atom stereocenters. The lowest BCUT2D eigenvalue weighted by molar-refractivity contribution is 0.196. The van der Waals surface area contributed by atoms with Crippen LogP contribution in [0, 0.1) is 6.92 Å². The van der Waals surface area contributed by atoms with Gasteiger partial charge in [0.15, 0.2) is 11.5 Å². The van der Waals surface area contributed by atoms with Crippen LogP contribution in [0.15, 0.2) is 24.4 Å². The maximum atomic E-state index is 8.84. The van der Waals surface area contributed by atoms with Crippen LogP contribution in [0.3, 0.4) is 0 Å². The normalized spacial score (nSPS) is 12.2. The van der Waals surface area contributed by atoms with Gasteiger partial charge in [-0.3, -0.25) is 4.68 Å². The van der Waals surface area contributed by atoms with Crippen LogP contribution in [0.1, 0.15) is 29.8 Å². The summed E-state index contributed by atoms with van der Waals surface area (Å²) in [6.07, 6.45) is 1.90. The summed E-state index contributed by atoms with van der Waals surface area (Å²) < 4.78 is 12.7. The SMILES string of the molecule is COc1cc(CNC(C)c2cnn(C)c2C)ccc1OCCO. The number of aryl methyl sites for hydroxylation is 1. The molecule has 0 aliphatic heterocycles. The summed E-state index contributed by atoms with van der Waals surface area (Å²) in [4.78, 5) is 0. The predicted molar refractivity (Wildman–Crippen MR) is 88.8 cm³/mol. The molecule has 0 aliphatic carbocycles. The van der Waals surface area contributed by atoms with Gasteiger partial charge in [0, 0.05) is 30.9 Å². The van der Waals surface area contributed by atoms with Crippen LogP contribution >= 0.6 is 0 Å². The average Bonchev–Trinajstić information content (AvgIpc) is 2.90. The summed E-state index contributed by atoms with van der Waals surface area (Å²) in [5, 5.41) is 16.6. The van der Waals surface area contributed by atoms with Crippen LogP contribution in [0.2, 0.25) is 0 Å². The van der Waals surface area contributed by atoms with Gasteiger partial charge in [-0.05, 0) is 31.5 Å². The third kappa shape index (κ3) is 4.24. The molecule has 0 aliphatic rings. The standard InChI is InChI=1S/C17H25N3O3/c1-12(15-11-19-20(3)13(15)2)18-10-14-5-6-16(23-8-7-21)17(9-14)22-4/h5-6,9,11-12,18,21H,7-8,10H2,1-4H3. The molecule has 2 rings (SSSR count). The van der Waals surface area contributed by atoms with Gasteiger partial charge < -0.3 is 19.9 Å². The molecule has 0 saturated heterocycles. The zero-order valence-electron chi connectivity index (χ0n) is 14.2. The van der Waals surface area contributed by atoms with Gasteiger partial charge in [0.2, 0.25) is 0 Å². The zero-order valence-corrected chi connectivity index (χ0v) is 14.2. The van der Waals surface area contributed by atoms with Crippen LogP contribution in [-0.2, 0) is 13.6 Å². The van der Waals surface area contributed by atoms with Crippen molar-refractivity contribution >= 4 is 0 Å². The number of rotatable bonds is 8. The Morgan fingerprint density at radius 3 is 2.74 bits per heavy atom. The van der Waals surface area contributed by atoms with Crippen molar-refractivity contribution in [3.8, 4) is 11.5 Å². The third-order valence-corrected chi connectivity index (χ3v) is 3.93. The Kier molecular flexibility index (Phi) is 6.01. The highest BCUT2D eigenvalue weighted by atomic mass is 16.5. The number of aliphatic hydroxyl groups excluding tert-OH is 1. The van der Waals surface area contributed by atoms with Crippen molar-refractivity contribution in [3.63, 3.8) is 0 Å². The van der Waals surface area contributed by atoms with Crippen molar-refractivity contribution in [1.29, 1.82) is 0 Å². The minimum atomic E-state index is -0.0194. The predicted octanol–water partition coefficient (Wildman–Crippen LogP) is 1.96. The van der Waals surface area contributed by atoms with E-state index in [1.165, 1.54) is 5.56 Å². The topological polar surface area (TPSA) is 68.5 Å². The number of aromatic nitrogens is 2. The van der Waals surface area contributed by atoms with Crippen LogP contribution < -0.4 is 14.8 Å². The first-order chi connectivity index (χ1) is 11.1. The molecule has 1 aromatic heterocycles. The smallest absolute Gasteiger partial charge is 0.161 e. The van der Waals surface area contributed by atoms with E-state index in [0.29, 0.717) is 18.0 Å². The fourth-order valence-electron chi connectivity index (χ4n) is 2.42. The number of hydrogen-bond acceptors (Lipinski definition) is 5. The highest BCUT2D eigenvalue weighted by Gasteiger charge is 2.12. The van der Waals surface area contributed by atoms with Crippen molar-refractivity contribution in [2.24, 2.45) is 7.05 Å². The Morgan fingerprint density at radius 1 is 1.35 bits per heavy atom. The molecule has 0 amide bonds. The molecular weight excluding hydrogens is 294 g/mol. The Morgan fingerprint density at radius 2 is 2.13 bits per heavy atom. The van der Waals surface area contributed by atoms with E-state index >= 15 is 0 Å². The van der Waals surface area contributed by atoms with Crippen molar-refractivity contribution in [1.82, 2.24) is 15.1 Å². The van der Waals surface area contributed by atoms with Crippen molar-refractivity contribution in [2.75, 3.05) is 20.3 Å². The van der Waals surface area contributed by atoms with Crippen LogP contribution in [0.5, 0.6) is 11.5 Å². The summed E-state index contributed by atoms with van der Waals surface area (Å²) in [7, 11) is 3.56. The Hall–Kier alpha value is -2.05. The molecule has 0 saturated carbocycles. The second-order valence-electron chi connectivity index (χ2n) is 5.47. The summed E-state index contributed by atoms with van der Waals surface area (Å²) in [5.74, 6) is 1.31. The molecule has 6 heteroatoms. The number of ether oxygens (including phenoxy) is 2. The molecule has 1 heterocycles. The van der Waals surface area contributed by atoms with E-state index in [-0.39, 0.29) is 19.3 Å². The van der Waals surface area contributed by atoms with Crippen LogP contribution in [0.25, 0.3) is 0 Å². The first kappa shape index (κ1) is 17.3. The minimum Gasteiger partial charge on any atom is -0.493 e. The largest absolute Gasteiger partial charge is 0.493 e. The number of methoxy groups -OCH3 is 1. The number of hydrogen-bond donors (Lipinski definition) is 2. The molecule has 0 spiro atoms. The lowest BCUT2D eigenvalue weighted by atomic mass is 10.1. The van der Waals surface area contributed by atoms with E-state index in [9.17, 15) is 0 Å². The molecule has 0 fully saturated rings. The maximum absolute atomic E-state index is 8.84. The van der Waals surface area contributed by atoms with Crippen LogP contribution in [-0.4, -0.2) is 35.2 Å². The molecule has 1 aromatic carbocycles. The van der Waals surface area contributed by atoms with Crippen molar-refractivity contribution in [2.45, 2.75) is 26.4 Å². The quantitative estimate of drug-likeness (QED) is 0.778. The average molecular weight is 319 g/mol. The van der Waals surface area contributed by atoms with E-state index in [1.54, 1.807) is 7.11 Å². The van der Waals surface area contributed by atoms with E-state index < -0.39 is 0 Å². The number of nitrogens with one attached hydrogen (secondary N) is 1. The lowest BCUT2D eigenvalue weighted by Gasteiger charge is -2.15. The second-order valence-corrected chi connectivity index (χ2v) is 5.47. The van der Waals surface area contributed by atoms with E-state index in [1.807, 2.05) is 36.1 Å². The molecule has 0 bridgehead atoms. The van der Waals surface area contributed by atoms with Crippen molar-refractivity contribution < 1.29 is 14.6 Å². The van der Waals surface area contributed by atoms with Gasteiger partial charge >= 0.3 is 0 Å². The van der Waals surface area contributed by atoms with E-state index in [4.69, 9.17) is 14.6 Å². The van der Waals surface area contributed by atoms with Gasteiger partial charge in [0.05, 0.1) is 19.9 Å². The summed E-state index contributed by atoms with van der Waals surface area (Å²) in [6, 6.07) is 6.01. The minimum absolute atomic E-state index is 0.0194. The summed E-state index contributed by atoms with van der Waals surface area (Å²) in [6.45, 7) is 5.14. The van der Waals surface area contributed by atoms with E-state index in [2.05, 4.69) is 24.3 Å². The molecule has 2 aromatic rings. The van der Waals surface area contributed by atoms with E-state index in [0.717, 1.165) is 11.3 Å². The summed E-state index contributed by atoms with van der Waals surface area (Å²) >= 11 is 0. The Balaban J connectivity index is 2.01. The Bertz CT molecular complexity index is 640. The third-order valence-electron chi connectivity index (χ3n) is 3.93. The first-order valence-electron chi connectivity index (χ1n) is 7.69. The van der Waals surface area contributed by atoms with Gasteiger partial charge in [-0.1, -0.05) is 6.07 Å². The van der Waals surface area contributed by atoms with Gasteiger partial charge in [0.1, 0.15) is 6.61 Å². The van der Waals surface area contributed by atoms with Gasteiger partial charge in [-0.25, -0.2) is 0 Å². The fraction of sp³-hybridized carbons (Fsp3) is 0.471. The second kappa shape index (κ2) is 7.99. The van der Waals surface area contributed by atoms with Gasteiger partial charge in [0.25, 0.3) is 0 Å². The highest BCUT2D eigenvalue weighted by Crippen LogP contribution is 2.28. The molecule has 2 N–H and O–H groups in total. The molecular formula is C17H25N3O3. The molecule has 23 heavy (non-hydrogen) atoms. The molecule has 0 radical (unpaired) electrons. The lowest BCUT2D eigenvalue weighted by Crippen LogP contribution is -2.18. The number of aliphatic hydroxyl groups is 1. The molecule has 126 valence electrons. The maximum Gasteiger partial charge on any atom is 0.161 e. The van der Waals surface area contributed by atoms with Gasteiger partial charge in [-0.2, -0.15) is 5.10 Å². The molecule has 6 nitrogen and oxygen atoms in total. The Labute approximate surface area is 137 Å². The number of benzene rings is 1. The highest BCUT2D eigenvalue weighted by molar-refractivity contribution is 5.43. The van der Waals surface area contributed by atoms with Gasteiger partial charge in [-0.15, -0.1) is 0 Å².